The van der Waals surface area contributed by atoms with E-state index >= 15 is 0 Å². The van der Waals surface area contributed by atoms with E-state index in [9.17, 15) is 13.2 Å². The SMILES string of the molecule is Cl.Fc1cc(F)c(CN2C[C@H]3CNC[C@H]3C2)cc1F. The highest BCUT2D eigenvalue weighted by Crippen LogP contribution is 2.28. The van der Waals surface area contributed by atoms with Gasteiger partial charge in [-0.25, -0.2) is 13.2 Å². The highest BCUT2D eigenvalue weighted by molar-refractivity contribution is 5.85. The number of nitrogens with zero attached hydrogens (tertiary/aromatic N) is 1. The summed E-state index contributed by atoms with van der Waals surface area (Å²) < 4.78 is 39.4. The zero-order chi connectivity index (χ0) is 12.7. The van der Waals surface area contributed by atoms with Gasteiger partial charge in [0.15, 0.2) is 11.6 Å². The minimum Gasteiger partial charge on any atom is -0.316 e. The summed E-state index contributed by atoms with van der Waals surface area (Å²) in [6, 6.07) is 1.60. The average Bonchev–Trinajstić information content (AvgIpc) is 2.86. The summed E-state index contributed by atoms with van der Waals surface area (Å²) >= 11 is 0. The van der Waals surface area contributed by atoms with Crippen molar-refractivity contribution in [2.75, 3.05) is 26.2 Å². The maximum atomic E-state index is 13.5. The van der Waals surface area contributed by atoms with Gasteiger partial charge in [0.1, 0.15) is 5.82 Å². The fourth-order valence-electron chi connectivity index (χ4n) is 3.01. The Hall–Kier alpha value is -0.780. The number of halogens is 4. The van der Waals surface area contributed by atoms with Crippen molar-refractivity contribution >= 4 is 12.4 Å². The molecule has 0 radical (unpaired) electrons. The Morgan fingerprint density at radius 1 is 1.00 bits per heavy atom. The molecule has 2 saturated heterocycles. The van der Waals surface area contributed by atoms with E-state index in [1.54, 1.807) is 0 Å². The van der Waals surface area contributed by atoms with Gasteiger partial charge in [0.25, 0.3) is 0 Å². The molecule has 0 unspecified atom stereocenters. The van der Waals surface area contributed by atoms with Gasteiger partial charge >= 0.3 is 0 Å². The quantitative estimate of drug-likeness (QED) is 0.841. The summed E-state index contributed by atoms with van der Waals surface area (Å²) in [5.74, 6) is -1.55. The largest absolute Gasteiger partial charge is 0.316 e. The Morgan fingerprint density at radius 3 is 2.21 bits per heavy atom. The summed E-state index contributed by atoms with van der Waals surface area (Å²) in [7, 11) is 0. The number of fused-ring (bicyclic) bond motifs is 1. The molecule has 1 N–H and O–H groups in total. The van der Waals surface area contributed by atoms with Crippen molar-refractivity contribution in [3.05, 3.63) is 35.1 Å². The van der Waals surface area contributed by atoms with Gasteiger partial charge in [-0.15, -0.1) is 12.4 Å². The van der Waals surface area contributed by atoms with Crippen LogP contribution < -0.4 is 5.32 Å². The van der Waals surface area contributed by atoms with Crippen molar-refractivity contribution in [3.63, 3.8) is 0 Å². The fourth-order valence-corrected chi connectivity index (χ4v) is 3.01. The molecular formula is C13H16ClF3N2. The lowest BCUT2D eigenvalue weighted by molar-refractivity contribution is 0.299. The maximum Gasteiger partial charge on any atom is 0.161 e. The third kappa shape index (κ3) is 2.88. The molecule has 2 atom stereocenters. The van der Waals surface area contributed by atoms with Crippen LogP contribution in [0.25, 0.3) is 0 Å². The first-order valence-electron chi connectivity index (χ1n) is 6.20. The molecule has 0 saturated carbocycles. The summed E-state index contributed by atoms with van der Waals surface area (Å²) in [6.07, 6.45) is 0. The zero-order valence-electron chi connectivity index (χ0n) is 10.3. The number of hydrogen-bond acceptors (Lipinski definition) is 2. The predicted octanol–water partition coefficient (Wildman–Crippen LogP) is 2.18. The van der Waals surface area contributed by atoms with Gasteiger partial charge in [-0.05, 0) is 31.0 Å². The number of nitrogens with one attached hydrogen (secondary N) is 1. The molecule has 106 valence electrons. The maximum absolute atomic E-state index is 13.5. The van der Waals surface area contributed by atoms with Gasteiger partial charge in [0.2, 0.25) is 0 Å². The van der Waals surface area contributed by atoms with Crippen LogP contribution in [-0.4, -0.2) is 31.1 Å². The molecular weight excluding hydrogens is 277 g/mol. The van der Waals surface area contributed by atoms with Crippen molar-refractivity contribution in [3.8, 4) is 0 Å². The normalized spacial score (nSPS) is 26.3. The molecule has 2 heterocycles. The van der Waals surface area contributed by atoms with Crippen molar-refractivity contribution < 1.29 is 13.2 Å². The first-order valence-corrected chi connectivity index (χ1v) is 6.20. The minimum absolute atomic E-state index is 0. The molecule has 0 aliphatic carbocycles. The van der Waals surface area contributed by atoms with Crippen LogP contribution >= 0.6 is 12.4 Å². The van der Waals surface area contributed by atoms with Gasteiger partial charge in [-0.1, -0.05) is 0 Å². The summed E-state index contributed by atoms with van der Waals surface area (Å²) in [6.45, 7) is 4.16. The smallest absolute Gasteiger partial charge is 0.161 e. The first kappa shape index (κ1) is 14.6. The Morgan fingerprint density at radius 2 is 1.58 bits per heavy atom. The lowest BCUT2D eigenvalue weighted by Crippen LogP contribution is -2.25. The van der Waals surface area contributed by atoms with Crippen LogP contribution in [0.2, 0.25) is 0 Å². The topological polar surface area (TPSA) is 15.3 Å². The Labute approximate surface area is 116 Å². The highest BCUT2D eigenvalue weighted by atomic mass is 35.5. The van der Waals surface area contributed by atoms with E-state index in [2.05, 4.69) is 10.2 Å². The van der Waals surface area contributed by atoms with Crippen LogP contribution in [0.3, 0.4) is 0 Å². The van der Waals surface area contributed by atoms with Gasteiger partial charge in [-0.3, -0.25) is 4.90 Å². The second-order valence-electron chi connectivity index (χ2n) is 5.23. The van der Waals surface area contributed by atoms with E-state index in [4.69, 9.17) is 0 Å². The molecule has 0 bridgehead atoms. The molecule has 2 fully saturated rings. The van der Waals surface area contributed by atoms with E-state index in [-0.39, 0.29) is 18.0 Å². The summed E-state index contributed by atoms with van der Waals surface area (Å²) in [4.78, 5) is 2.12. The number of hydrogen-bond donors (Lipinski definition) is 1. The van der Waals surface area contributed by atoms with Gasteiger partial charge in [-0.2, -0.15) is 0 Å². The van der Waals surface area contributed by atoms with Crippen molar-refractivity contribution in [2.45, 2.75) is 6.54 Å². The molecule has 1 aromatic rings. The number of benzene rings is 1. The Bertz CT molecular complexity index is 457. The molecule has 0 spiro atoms. The monoisotopic (exact) mass is 292 g/mol. The molecule has 6 heteroatoms. The predicted molar refractivity (Wildman–Crippen MR) is 68.7 cm³/mol. The van der Waals surface area contributed by atoms with E-state index in [0.717, 1.165) is 32.2 Å². The van der Waals surface area contributed by atoms with Crippen LogP contribution in [0.1, 0.15) is 5.56 Å². The molecule has 1 aromatic carbocycles. The van der Waals surface area contributed by atoms with Crippen LogP contribution in [0.5, 0.6) is 0 Å². The Balaban J connectivity index is 0.00000133. The molecule has 2 aliphatic rings. The average molecular weight is 293 g/mol. The molecule has 0 aromatic heterocycles. The van der Waals surface area contributed by atoms with Crippen LogP contribution in [0.15, 0.2) is 12.1 Å². The van der Waals surface area contributed by atoms with Gasteiger partial charge in [0, 0.05) is 31.3 Å². The highest BCUT2D eigenvalue weighted by Gasteiger charge is 2.36. The lowest BCUT2D eigenvalue weighted by Gasteiger charge is -2.17. The van der Waals surface area contributed by atoms with E-state index in [1.165, 1.54) is 0 Å². The second kappa shape index (κ2) is 5.69. The van der Waals surface area contributed by atoms with Crippen molar-refractivity contribution in [1.29, 1.82) is 0 Å². The van der Waals surface area contributed by atoms with Crippen molar-refractivity contribution in [1.82, 2.24) is 10.2 Å². The molecule has 3 rings (SSSR count). The standard InChI is InChI=1S/C13H15F3N2.ClH/c14-11-2-13(16)12(15)1-8(11)5-18-6-9-3-17-4-10(9)7-18;/h1-2,9-10,17H,3-7H2;1H/t9-,10+;. The third-order valence-electron chi connectivity index (χ3n) is 3.95. The van der Waals surface area contributed by atoms with E-state index in [1.807, 2.05) is 0 Å². The minimum atomic E-state index is -1.13. The number of rotatable bonds is 2. The van der Waals surface area contributed by atoms with Crippen LogP contribution in [-0.2, 0) is 6.54 Å². The molecule has 0 amide bonds. The third-order valence-corrected chi connectivity index (χ3v) is 3.95. The van der Waals surface area contributed by atoms with E-state index < -0.39 is 17.5 Å². The molecule has 2 nitrogen and oxygen atoms in total. The first-order chi connectivity index (χ1) is 8.63. The zero-order valence-corrected chi connectivity index (χ0v) is 11.2. The second-order valence-corrected chi connectivity index (χ2v) is 5.23. The van der Waals surface area contributed by atoms with Crippen LogP contribution in [0.4, 0.5) is 13.2 Å². The van der Waals surface area contributed by atoms with Gasteiger partial charge < -0.3 is 5.32 Å². The van der Waals surface area contributed by atoms with Gasteiger partial charge in [0.05, 0.1) is 0 Å². The Kier molecular flexibility index (Phi) is 4.38. The lowest BCUT2D eigenvalue weighted by atomic mass is 10.0. The number of likely N-dealkylation sites (tertiary alicyclic amines) is 1. The molecule has 19 heavy (non-hydrogen) atoms. The summed E-state index contributed by atoms with van der Waals surface area (Å²) in [5, 5.41) is 3.33. The van der Waals surface area contributed by atoms with Crippen molar-refractivity contribution in [2.24, 2.45) is 11.8 Å². The summed E-state index contributed by atoms with van der Waals surface area (Å²) in [5.41, 5.74) is 0.238. The molecule has 2 aliphatic heterocycles. The van der Waals surface area contributed by atoms with Crippen LogP contribution in [0, 0.1) is 29.3 Å². The van der Waals surface area contributed by atoms with E-state index in [0.29, 0.717) is 24.4 Å². The fraction of sp³-hybridized carbons (Fsp3) is 0.538.